The van der Waals surface area contributed by atoms with Gasteiger partial charge < -0.3 is 0 Å². The third kappa shape index (κ3) is 4.20. The van der Waals surface area contributed by atoms with Crippen LogP contribution in [0.25, 0.3) is 0 Å². The first-order valence-corrected chi connectivity index (χ1v) is 7.47. The number of hydrogen-bond acceptors (Lipinski definition) is 4. The van der Waals surface area contributed by atoms with E-state index in [-0.39, 0.29) is 5.97 Å². The van der Waals surface area contributed by atoms with Crippen molar-refractivity contribution >= 4 is 28.9 Å². The minimum atomic E-state index is -0.551. The predicted octanol–water partition coefficient (Wildman–Crippen LogP) is 0.980. The van der Waals surface area contributed by atoms with Gasteiger partial charge in [0.2, 0.25) is 0 Å². The molecule has 0 aliphatic carbocycles. The summed E-state index contributed by atoms with van der Waals surface area (Å²) in [6.45, 7) is 5.99. The maximum absolute atomic E-state index is 12.1. The summed E-state index contributed by atoms with van der Waals surface area (Å²) in [5.41, 5.74) is -0.551. The SMILES string of the molecule is COC(=O)[C@H]1C[C@H]([AsH2])CCN1C(=O)OC(C)(C)C. The second-order valence-corrected chi connectivity index (χ2v) is 7.48. The van der Waals surface area contributed by atoms with Crippen LogP contribution in [0.1, 0.15) is 33.6 Å². The van der Waals surface area contributed by atoms with E-state index in [1.165, 1.54) is 12.0 Å². The second kappa shape index (κ2) is 5.96. The van der Waals surface area contributed by atoms with Gasteiger partial charge in [-0.15, -0.1) is 0 Å². The third-order valence-electron chi connectivity index (χ3n) is 2.74. The molecule has 1 unspecified atom stereocenters. The van der Waals surface area contributed by atoms with E-state index in [1.807, 2.05) is 20.8 Å². The van der Waals surface area contributed by atoms with E-state index in [1.54, 1.807) is 16.9 Å². The van der Waals surface area contributed by atoms with Gasteiger partial charge in [-0.05, 0) is 0 Å². The molecule has 0 aromatic rings. The standard InChI is InChI=1S/C12H22AsNO4/c1-12(2,3)18-11(16)14-6-5-8(13)7-9(14)10(15)17-4/h8-9H,5-7,13H2,1-4H3/t8-,9-/m1/s1. The molecule has 1 heterocycles. The summed E-state index contributed by atoms with van der Waals surface area (Å²) in [5.74, 6) is -0.358. The zero-order chi connectivity index (χ0) is 13.9. The zero-order valence-corrected chi connectivity index (χ0v) is 13.9. The van der Waals surface area contributed by atoms with Gasteiger partial charge >= 0.3 is 116 Å². The quantitative estimate of drug-likeness (QED) is 0.534. The van der Waals surface area contributed by atoms with Crippen LogP contribution in [0.4, 0.5) is 4.79 Å². The van der Waals surface area contributed by atoms with Crippen molar-refractivity contribution in [3.8, 4) is 0 Å². The molecular weight excluding hydrogens is 297 g/mol. The Bertz CT molecular complexity index is 327. The molecule has 0 N–H and O–H groups in total. The molecule has 6 heteroatoms. The van der Waals surface area contributed by atoms with Crippen LogP contribution in [0, 0.1) is 0 Å². The molecule has 1 fully saturated rings. The number of carbonyl (C=O) groups excluding carboxylic acids is 2. The van der Waals surface area contributed by atoms with Crippen molar-refractivity contribution in [2.75, 3.05) is 13.7 Å². The Morgan fingerprint density at radius 3 is 2.44 bits per heavy atom. The number of piperidine rings is 1. The van der Waals surface area contributed by atoms with Crippen LogP contribution in [0.3, 0.4) is 0 Å². The zero-order valence-electron chi connectivity index (χ0n) is 11.4. The molecule has 1 saturated heterocycles. The molecule has 0 aromatic heterocycles. The number of nitrogens with zero attached hydrogens (tertiary/aromatic N) is 1. The molecule has 0 saturated carbocycles. The van der Waals surface area contributed by atoms with E-state index in [2.05, 4.69) is 0 Å². The van der Waals surface area contributed by atoms with Crippen LogP contribution in [0.2, 0.25) is 4.71 Å². The van der Waals surface area contributed by atoms with Gasteiger partial charge in [0.25, 0.3) is 0 Å². The van der Waals surface area contributed by atoms with Gasteiger partial charge in [-0.1, -0.05) is 0 Å². The Kier molecular flexibility index (Phi) is 5.08. The first-order valence-electron chi connectivity index (χ1n) is 6.07. The Hall–Kier alpha value is -0.702. The number of amides is 1. The molecule has 5 nitrogen and oxygen atoms in total. The van der Waals surface area contributed by atoms with E-state index in [4.69, 9.17) is 9.47 Å². The van der Waals surface area contributed by atoms with E-state index in [0.717, 1.165) is 6.42 Å². The summed E-state index contributed by atoms with van der Waals surface area (Å²) < 4.78 is 10.6. The van der Waals surface area contributed by atoms with Crippen LogP contribution in [-0.4, -0.2) is 59.1 Å². The number of rotatable bonds is 1. The first kappa shape index (κ1) is 15.4. The number of likely N-dealkylation sites (tertiary alicyclic amines) is 1. The topological polar surface area (TPSA) is 55.8 Å². The Morgan fingerprint density at radius 1 is 1.33 bits per heavy atom. The average Bonchev–Trinajstić information content (AvgIpc) is 2.25. The fourth-order valence-corrected chi connectivity index (χ4v) is 2.74. The molecule has 0 bridgehead atoms. The number of esters is 1. The van der Waals surface area contributed by atoms with Gasteiger partial charge in [-0.3, -0.25) is 0 Å². The van der Waals surface area contributed by atoms with Crippen molar-refractivity contribution in [3.63, 3.8) is 0 Å². The van der Waals surface area contributed by atoms with Crippen LogP contribution >= 0.6 is 0 Å². The summed E-state index contributed by atoms with van der Waals surface area (Å²) in [5, 5.41) is 0. The molecule has 18 heavy (non-hydrogen) atoms. The van der Waals surface area contributed by atoms with Crippen LogP contribution in [0.15, 0.2) is 0 Å². The summed E-state index contributed by atoms with van der Waals surface area (Å²) in [4.78, 5) is 25.3. The van der Waals surface area contributed by atoms with Crippen molar-refractivity contribution < 1.29 is 19.1 Å². The van der Waals surface area contributed by atoms with E-state index < -0.39 is 17.7 Å². The molecular formula is C12H22AsNO4. The Morgan fingerprint density at radius 2 is 1.94 bits per heavy atom. The summed E-state index contributed by atoms with van der Waals surface area (Å²) in [6.07, 6.45) is 1.14. The fraction of sp³-hybridized carbons (Fsp3) is 0.833. The van der Waals surface area contributed by atoms with Gasteiger partial charge in [0, 0.05) is 0 Å². The Labute approximate surface area is 117 Å². The number of hydrogen-bond donors (Lipinski definition) is 0. The van der Waals surface area contributed by atoms with Gasteiger partial charge in [0.1, 0.15) is 0 Å². The number of methoxy groups -OCH3 is 1. The molecule has 0 aromatic carbocycles. The van der Waals surface area contributed by atoms with Gasteiger partial charge in [0.05, 0.1) is 0 Å². The normalized spacial score (nSPS) is 24.6. The van der Waals surface area contributed by atoms with Crippen molar-refractivity contribution in [3.05, 3.63) is 0 Å². The first-order chi connectivity index (χ1) is 8.24. The number of ether oxygens (including phenoxy) is 2. The van der Waals surface area contributed by atoms with Crippen molar-refractivity contribution in [1.82, 2.24) is 4.90 Å². The van der Waals surface area contributed by atoms with Gasteiger partial charge in [-0.25, -0.2) is 0 Å². The van der Waals surface area contributed by atoms with Crippen LogP contribution in [-0.2, 0) is 14.3 Å². The second-order valence-electron chi connectivity index (χ2n) is 5.50. The van der Waals surface area contributed by atoms with E-state index in [0.29, 0.717) is 17.7 Å². The molecule has 1 aliphatic heterocycles. The van der Waals surface area contributed by atoms with Crippen LogP contribution in [0.5, 0.6) is 0 Å². The van der Waals surface area contributed by atoms with Gasteiger partial charge in [-0.2, -0.15) is 0 Å². The Balaban J connectivity index is 2.77. The minimum absolute atomic E-state index is 0.358. The fourth-order valence-electron chi connectivity index (χ4n) is 1.89. The molecule has 0 spiro atoms. The van der Waals surface area contributed by atoms with E-state index in [9.17, 15) is 9.59 Å². The van der Waals surface area contributed by atoms with Crippen molar-refractivity contribution in [1.29, 1.82) is 0 Å². The predicted molar refractivity (Wildman–Crippen MR) is 70.3 cm³/mol. The molecule has 3 atom stereocenters. The maximum atomic E-state index is 12.1. The van der Waals surface area contributed by atoms with Crippen LogP contribution < -0.4 is 0 Å². The van der Waals surface area contributed by atoms with Crippen molar-refractivity contribution in [2.45, 2.75) is 50.0 Å². The molecule has 0 radical (unpaired) electrons. The monoisotopic (exact) mass is 319 g/mol. The third-order valence-corrected chi connectivity index (χ3v) is 4.01. The summed E-state index contributed by atoms with van der Waals surface area (Å²) >= 11 is 1.60. The van der Waals surface area contributed by atoms with Crippen molar-refractivity contribution in [2.24, 2.45) is 0 Å². The van der Waals surface area contributed by atoms with E-state index >= 15 is 0 Å². The number of carbonyl (C=O) groups is 2. The molecule has 1 aliphatic rings. The molecule has 1 amide bonds. The summed E-state index contributed by atoms with van der Waals surface area (Å²) in [7, 11) is 1.35. The van der Waals surface area contributed by atoms with Gasteiger partial charge in [0.15, 0.2) is 0 Å². The average molecular weight is 319 g/mol. The summed E-state index contributed by atoms with van der Waals surface area (Å²) in [6, 6.07) is -0.504. The molecule has 1 rings (SSSR count). The molecule has 104 valence electrons.